The number of unbranched alkanes of at least 4 members (excludes halogenated alkanes) is 1. The molecule has 5 nitrogen and oxygen atoms in total. The van der Waals surface area contributed by atoms with Gasteiger partial charge >= 0.3 is 0 Å². The minimum absolute atomic E-state index is 0.623. The molecule has 0 bridgehead atoms. The van der Waals surface area contributed by atoms with Crippen molar-refractivity contribution in [2.45, 2.75) is 26.2 Å². The van der Waals surface area contributed by atoms with E-state index in [0.29, 0.717) is 5.95 Å². The fraction of sp³-hybridized carbons (Fsp3) is 0.400. The summed E-state index contributed by atoms with van der Waals surface area (Å²) >= 11 is 0. The number of nitrogens with zero attached hydrogens (tertiary/aromatic N) is 5. The summed E-state index contributed by atoms with van der Waals surface area (Å²) in [5.74, 6) is 0.623. The summed E-state index contributed by atoms with van der Waals surface area (Å²) in [6.07, 6.45) is 6.54. The summed E-state index contributed by atoms with van der Waals surface area (Å²) in [4.78, 5) is 12.3. The van der Waals surface area contributed by atoms with Gasteiger partial charge in [-0.3, -0.25) is 0 Å². The average molecular weight is 271 g/mol. The van der Waals surface area contributed by atoms with Gasteiger partial charge in [0.25, 0.3) is 0 Å². The Balaban J connectivity index is 2.30. The molecule has 106 valence electrons. The van der Waals surface area contributed by atoms with E-state index in [9.17, 15) is 0 Å². The molecule has 20 heavy (non-hydrogen) atoms. The molecule has 2 rings (SSSR count). The van der Waals surface area contributed by atoms with Gasteiger partial charge < -0.3 is 0 Å². The van der Waals surface area contributed by atoms with E-state index < -0.39 is 0 Å². The molecule has 0 N–H and O–H groups in total. The van der Waals surface area contributed by atoms with Gasteiger partial charge in [0.15, 0.2) is 0 Å². The Morgan fingerprint density at radius 1 is 1.10 bits per heavy atom. The standard InChI is InChI=1S/C15H21N5/c1-4-5-7-13-8-6-9-14(10-13)20(19(2)3)15-17-11-16-12-18-15/h6,8-12H,4-5,7H2,1-3H3. The van der Waals surface area contributed by atoms with E-state index in [1.165, 1.54) is 31.1 Å². The van der Waals surface area contributed by atoms with Crippen LogP contribution in [0.4, 0.5) is 11.6 Å². The Kier molecular flexibility index (Phi) is 5.01. The smallest absolute Gasteiger partial charge is 0.241 e. The molecule has 5 heteroatoms. The van der Waals surface area contributed by atoms with Crippen molar-refractivity contribution in [2.75, 3.05) is 19.1 Å². The number of hydrazine groups is 1. The molecule has 0 atom stereocenters. The number of aryl methyl sites for hydroxylation is 1. The van der Waals surface area contributed by atoms with Crippen LogP contribution in [0, 0.1) is 0 Å². The molecule has 2 aromatic rings. The predicted octanol–water partition coefficient (Wildman–Crippen LogP) is 2.83. The number of anilines is 2. The molecule has 1 heterocycles. The molecular formula is C15H21N5. The molecular weight excluding hydrogens is 250 g/mol. The van der Waals surface area contributed by atoms with Crippen LogP contribution in [0.15, 0.2) is 36.9 Å². The molecule has 0 saturated heterocycles. The highest BCUT2D eigenvalue weighted by molar-refractivity contribution is 5.56. The Labute approximate surface area is 120 Å². The van der Waals surface area contributed by atoms with Gasteiger partial charge in [-0.25, -0.2) is 15.0 Å². The maximum Gasteiger partial charge on any atom is 0.247 e. The van der Waals surface area contributed by atoms with Gasteiger partial charge in [-0.05, 0) is 30.5 Å². The first-order valence-electron chi connectivity index (χ1n) is 6.90. The van der Waals surface area contributed by atoms with Crippen LogP contribution in [-0.2, 0) is 6.42 Å². The second-order valence-electron chi connectivity index (χ2n) is 4.87. The van der Waals surface area contributed by atoms with Crippen LogP contribution in [0.1, 0.15) is 25.3 Å². The van der Waals surface area contributed by atoms with Gasteiger partial charge in [-0.2, -0.15) is 9.97 Å². The lowest BCUT2D eigenvalue weighted by Crippen LogP contribution is -2.34. The van der Waals surface area contributed by atoms with Crippen LogP contribution in [0.2, 0.25) is 0 Å². The third-order valence-electron chi connectivity index (χ3n) is 3.04. The summed E-state index contributed by atoms with van der Waals surface area (Å²) in [6.45, 7) is 2.21. The average Bonchev–Trinajstić information content (AvgIpc) is 2.46. The number of aromatic nitrogens is 3. The van der Waals surface area contributed by atoms with Crippen LogP contribution >= 0.6 is 0 Å². The lowest BCUT2D eigenvalue weighted by molar-refractivity contribution is 0.409. The maximum atomic E-state index is 4.23. The number of hydrogen-bond donors (Lipinski definition) is 0. The molecule has 0 saturated carbocycles. The SMILES string of the molecule is CCCCc1cccc(N(c2ncncn2)N(C)C)c1. The van der Waals surface area contributed by atoms with Crippen LogP contribution < -0.4 is 5.01 Å². The van der Waals surface area contributed by atoms with E-state index in [4.69, 9.17) is 0 Å². The summed E-state index contributed by atoms with van der Waals surface area (Å²) < 4.78 is 0. The van der Waals surface area contributed by atoms with E-state index in [2.05, 4.69) is 46.1 Å². The molecule has 0 aliphatic heterocycles. The molecule has 1 aromatic carbocycles. The summed E-state index contributed by atoms with van der Waals surface area (Å²) in [5.41, 5.74) is 2.40. The zero-order valence-electron chi connectivity index (χ0n) is 12.3. The quantitative estimate of drug-likeness (QED) is 0.756. The van der Waals surface area contributed by atoms with Crippen molar-refractivity contribution in [3.05, 3.63) is 42.5 Å². The third kappa shape index (κ3) is 3.51. The summed E-state index contributed by atoms with van der Waals surface area (Å²) in [7, 11) is 3.95. The minimum Gasteiger partial charge on any atom is -0.241 e. The van der Waals surface area contributed by atoms with Gasteiger partial charge in [0.1, 0.15) is 12.7 Å². The zero-order valence-corrected chi connectivity index (χ0v) is 12.3. The summed E-state index contributed by atoms with van der Waals surface area (Å²) in [5, 5.41) is 3.94. The number of hydrogen-bond acceptors (Lipinski definition) is 5. The normalized spacial score (nSPS) is 10.8. The second-order valence-corrected chi connectivity index (χ2v) is 4.87. The van der Waals surface area contributed by atoms with Crippen molar-refractivity contribution in [2.24, 2.45) is 0 Å². The minimum atomic E-state index is 0.623. The fourth-order valence-corrected chi connectivity index (χ4v) is 2.09. The summed E-state index contributed by atoms with van der Waals surface area (Å²) in [6, 6.07) is 8.51. The molecule has 0 fully saturated rings. The van der Waals surface area contributed by atoms with Crippen LogP contribution in [0.5, 0.6) is 0 Å². The Morgan fingerprint density at radius 2 is 1.85 bits per heavy atom. The molecule has 0 radical (unpaired) electrons. The molecule has 0 aliphatic rings. The van der Waals surface area contributed by atoms with Crippen LogP contribution in [-0.4, -0.2) is 34.1 Å². The highest BCUT2D eigenvalue weighted by atomic mass is 15.6. The molecule has 0 amide bonds. The van der Waals surface area contributed by atoms with Gasteiger partial charge in [0, 0.05) is 14.1 Å². The number of benzene rings is 1. The third-order valence-corrected chi connectivity index (χ3v) is 3.04. The number of rotatable bonds is 6. The Bertz CT molecular complexity index is 527. The van der Waals surface area contributed by atoms with Crippen molar-refractivity contribution in [3.8, 4) is 0 Å². The van der Waals surface area contributed by atoms with Crippen molar-refractivity contribution in [1.29, 1.82) is 0 Å². The molecule has 0 unspecified atom stereocenters. The van der Waals surface area contributed by atoms with E-state index in [1.807, 2.05) is 24.1 Å². The second kappa shape index (κ2) is 6.96. The van der Waals surface area contributed by atoms with Crippen LogP contribution in [0.3, 0.4) is 0 Å². The fourth-order valence-electron chi connectivity index (χ4n) is 2.09. The first-order valence-corrected chi connectivity index (χ1v) is 6.90. The predicted molar refractivity (Wildman–Crippen MR) is 80.7 cm³/mol. The van der Waals surface area contributed by atoms with E-state index in [0.717, 1.165) is 12.1 Å². The van der Waals surface area contributed by atoms with Gasteiger partial charge in [-0.1, -0.05) is 25.5 Å². The first kappa shape index (κ1) is 14.4. The topological polar surface area (TPSA) is 45.2 Å². The highest BCUT2D eigenvalue weighted by Gasteiger charge is 2.14. The maximum absolute atomic E-state index is 4.23. The lowest BCUT2D eigenvalue weighted by Gasteiger charge is -2.28. The first-order chi connectivity index (χ1) is 9.72. The van der Waals surface area contributed by atoms with Crippen molar-refractivity contribution in [1.82, 2.24) is 20.0 Å². The Hall–Kier alpha value is -2.01. The van der Waals surface area contributed by atoms with Crippen molar-refractivity contribution < 1.29 is 0 Å². The van der Waals surface area contributed by atoms with Gasteiger partial charge in [-0.15, -0.1) is 0 Å². The zero-order chi connectivity index (χ0) is 14.4. The monoisotopic (exact) mass is 271 g/mol. The highest BCUT2D eigenvalue weighted by Crippen LogP contribution is 2.23. The molecule has 0 aliphatic carbocycles. The van der Waals surface area contributed by atoms with E-state index in [-0.39, 0.29) is 0 Å². The van der Waals surface area contributed by atoms with E-state index >= 15 is 0 Å². The van der Waals surface area contributed by atoms with Crippen molar-refractivity contribution in [3.63, 3.8) is 0 Å². The largest absolute Gasteiger partial charge is 0.247 e. The van der Waals surface area contributed by atoms with Crippen LogP contribution in [0.25, 0.3) is 0 Å². The Morgan fingerprint density at radius 3 is 2.50 bits per heavy atom. The van der Waals surface area contributed by atoms with Gasteiger partial charge in [0.2, 0.25) is 5.95 Å². The van der Waals surface area contributed by atoms with Gasteiger partial charge in [0.05, 0.1) is 5.69 Å². The molecule has 1 aromatic heterocycles. The van der Waals surface area contributed by atoms with Crippen molar-refractivity contribution >= 4 is 11.6 Å². The van der Waals surface area contributed by atoms with E-state index in [1.54, 1.807) is 0 Å². The lowest BCUT2D eigenvalue weighted by atomic mass is 10.1. The molecule has 0 spiro atoms.